The van der Waals surface area contributed by atoms with Gasteiger partial charge in [0, 0.05) is 32.1 Å². The maximum atomic E-state index is 15.0. The van der Waals surface area contributed by atoms with Gasteiger partial charge in [-0.2, -0.15) is 0 Å². The molecule has 142 valence electrons. The van der Waals surface area contributed by atoms with Crippen molar-refractivity contribution in [1.29, 1.82) is 0 Å². The molecule has 1 heterocycles. The fourth-order valence-electron chi connectivity index (χ4n) is 4.25. The molecule has 2 aliphatic rings. The van der Waals surface area contributed by atoms with Crippen LogP contribution in [0, 0.1) is 11.7 Å². The summed E-state index contributed by atoms with van der Waals surface area (Å²) in [6, 6.07) is 4.56. The molecule has 0 spiro atoms. The maximum Gasteiger partial charge on any atom is 0.233 e. The van der Waals surface area contributed by atoms with E-state index in [4.69, 9.17) is 9.84 Å². The van der Waals surface area contributed by atoms with E-state index in [9.17, 15) is 14.0 Å². The van der Waals surface area contributed by atoms with Crippen molar-refractivity contribution in [3.8, 4) is 0 Å². The van der Waals surface area contributed by atoms with E-state index in [1.807, 2.05) is 0 Å². The quantitative estimate of drug-likeness (QED) is 0.815. The van der Waals surface area contributed by atoms with Gasteiger partial charge in [-0.1, -0.05) is 6.07 Å². The van der Waals surface area contributed by atoms with Gasteiger partial charge >= 0.3 is 0 Å². The summed E-state index contributed by atoms with van der Waals surface area (Å²) < 4.78 is 20.7. The third kappa shape index (κ3) is 3.53. The number of ether oxygens (including phenoxy) is 1. The van der Waals surface area contributed by atoms with Crippen LogP contribution >= 0.6 is 0 Å². The van der Waals surface area contributed by atoms with Crippen LogP contribution in [0.25, 0.3) is 0 Å². The summed E-state index contributed by atoms with van der Waals surface area (Å²) >= 11 is 0. The second kappa shape index (κ2) is 7.84. The summed E-state index contributed by atoms with van der Waals surface area (Å²) in [5.41, 5.74) is 0.0779. The van der Waals surface area contributed by atoms with Gasteiger partial charge in [-0.05, 0) is 56.6 Å². The Bertz CT molecular complexity index is 666. The first-order valence-corrected chi connectivity index (χ1v) is 9.32. The first-order chi connectivity index (χ1) is 12.5. The van der Waals surface area contributed by atoms with Gasteiger partial charge in [0.2, 0.25) is 11.8 Å². The molecule has 0 radical (unpaired) electrons. The molecule has 0 aromatic heterocycles. The largest absolute Gasteiger partial charge is 0.396 e. The number of carbonyl (C=O) groups is 2. The third-order valence-corrected chi connectivity index (χ3v) is 5.82. The van der Waals surface area contributed by atoms with E-state index < -0.39 is 11.4 Å². The average molecular weight is 363 g/mol. The van der Waals surface area contributed by atoms with Crippen molar-refractivity contribution in [3.05, 3.63) is 29.6 Å². The van der Waals surface area contributed by atoms with Gasteiger partial charge in [-0.15, -0.1) is 0 Å². The zero-order valence-electron chi connectivity index (χ0n) is 15.2. The summed E-state index contributed by atoms with van der Waals surface area (Å²) in [6.07, 6.45) is 5.05. The summed E-state index contributed by atoms with van der Waals surface area (Å²) in [5.74, 6) is -0.566. The van der Waals surface area contributed by atoms with Crippen molar-refractivity contribution in [1.82, 2.24) is 0 Å². The molecule has 0 unspecified atom stereocenters. The molecule has 1 N–H and O–H groups in total. The normalized spacial score (nSPS) is 27.0. The smallest absolute Gasteiger partial charge is 0.233 e. The van der Waals surface area contributed by atoms with Crippen LogP contribution in [0.5, 0.6) is 0 Å². The second-order valence-electron chi connectivity index (χ2n) is 7.29. The molecular weight excluding hydrogens is 337 g/mol. The zero-order valence-corrected chi connectivity index (χ0v) is 15.2. The Kier molecular flexibility index (Phi) is 5.73. The minimum absolute atomic E-state index is 0.172. The number of carbonyl (C=O) groups excluding carboxylic acids is 2. The fourth-order valence-corrected chi connectivity index (χ4v) is 4.25. The number of methoxy groups -OCH3 is 1. The lowest BCUT2D eigenvalue weighted by atomic mass is 9.74. The number of imide groups is 1. The average Bonchev–Trinajstić information content (AvgIpc) is 2.63. The Morgan fingerprint density at radius 3 is 2.42 bits per heavy atom. The Balaban J connectivity index is 1.85. The minimum atomic E-state index is -0.690. The first-order valence-electron chi connectivity index (χ1n) is 9.32. The van der Waals surface area contributed by atoms with Crippen molar-refractivity contribution >= 4 is 17.5 Å². The number of halogens is 1. The molecule has 6 heteroatoms. The molecule has 5 nitrogen and oxygen atoms in total. The predicted octanol–water partition coefficient (Wildman–Crippen LogP) is 3.28. The highest BCUT2D eigenvalue weighted by molar-refractivity contribution is 6.16. The Hall–Kier alpha value is -1.79. The van der Waals surface area contributed by atoms with Crippen molar-refractivity contribution < 1.29 is 23.8 Å². The van der Waals surface area contributed by atoms with Crippen LogP contribution in [-0.4, -0.2) is 30.6 Å². The van der Waals surface area contributed by atoms with E-state index in [-0.39, 0.29) is 18.4 Å². The highest BCUT2D eigenvalue weighted by Crippen LogP contribution is 2.44. The number of benzene rings is 1. The number of aliphatic hydroxyl groups is 1. The second-order valence-corrected chi connectivity index (χ2v) is 7.29. The van der Waals surface area contributed by atoms with Crippen molar-refractivity contribution in [2.24, 2.45) is 5.92 Å². The zero-order chi connectivity index (χ0) is 18.7. The molecule has 1 aromatic rings. The minimum Gasteiger partial charge on any atom is -0.396 e. The van der Waals surface area contributed by atoms with Crippen molar-refractivity contribution in [2.45, 2.75) is 57.0 Å². The highest BCUT2D eigenvalue weighted by atomic mass is 19.1. The number of rotatable bonds is 5. The summed E-state index contributed by atoms with van der Waals surface area (Å²) in [5, 5.41) is 9.11. The molecule has 1 aromatic carbocycles. The Morgan fingerprint density at radius 1 is 1.23 bits per heavy atom. The lowest BCUT2D eigenvalue weighted by Gasteiger charge is -2.40. The molecule has 2 fully saturated rings. The SMILES string of the molecule is COC1(c2ccc(N3C(=O)CCCC3=O)cc2F)CCC(CCO)CC1. The number of anilines is 1. The van der Waals surface area contributed by atoms with Crippen molar-refractivity contribution in [2.75, 3.05) is 18.6 Å². The van der Waals surface area contributed by atoms with E-state index in [1.54, 1.807) is 19.2 Å². The topological polar surface area (TPSA) is 66.8 Å². The lowest BCUT2D eigenvalue weighted by molar-refractivity contribution is -0.129. The van der Waals surface area contributed by atoms with Crippen LogP contribution < -0.4 is 4.90 Å². The van der Waals surface area contributed by atoms with Crippen LogP contribution in [0.4, 0.5) is 10.1 Å². The van der Waals surface area contributed by atoms with Gasteiger partial charge in [0.1, 0.15) is 5.82 Å². The standard InChI is InChI=1S/C20H26FNO4/c1-26-20(10-7-14(8-11-20)9-12-23)16-6-5-15(13-17(16)21)22-18(24)3-2-4-19(22)25/h5-6,13-14,23H,2-4,7-12H2,1H3. The number of aliphatic hydroxyl groups excluding tert-OH is 1. The highest BCUT2D eigenvalue weighted by Gasteiger charge is 2.39. The summed E-state index contributed by atoms with van der Waals surface area (Å²) in [4.78, 5) is 25.2. The molecule has 0 atom stereocenters. The Morgan fingerprint density at radius 2 is 1.88 bits per heavy atom. The molecule has 1 aliphatic heterocycles. The van der Waals surface area contributed by atoms with Crippen LogP contribution in [0.1, 0.15) is 56.9 Å². The van der Waals surface area contributed by atoms with Crippen molar-refractivity contribution in [3.63, 3.8) is 0 Å². The molecule has 2 amide bonds. The van der Waals surface area contributed by atoms with E-state index in [1.165, 1.54) is 6.07 Å². The fraction of sp³-hybridized carbons (Fsp3) is 0.600. The van der Waals surface area contributed by atoms with Gasteiger partial charge in [0.15, 0.2) is 0 Å². The molecule has 3 rings (SSSR count). The molecule has 26 heavy (non-hydrogen) atoms. The van der Waals surface area contributed by atoms with Gasteiger partial charge in [-0.3, -0.25) is 14.5 Å². The van der Waals surface area contributed by atoms with Gasteiger partial charge in [-0.25, -0.2) is 4.39 Å². The molecule has 1 saturated heterocycles. The summed E-state index contributed by atoms with van der Waals surface area (Å²) in [7, 11) is 1.59. The van der Waals surface area contributed by atoms with Gasteiger partial charge in [0.25, 0.3) is 0 Å². The third-order valence-electron chi connectivity index (χ3n) is 5.82. The van der Waals surface area contributed by atoms with Crippen LogP contribution in [0.15, 0.2) is 18.2 Å². The number of piperidine rings is 1. The van der Waals surface area contributed by atoms with E-state index in [2.05, 4.69) is 0 Å². The van der Waals surface area contributed by atoms with Crippen LogP contribution in [-0.2, 0) is 19.9 Å². The maximum absolute atomic E-state index is 15.0. The number of amides is 2. The van der Waals surface area contributed by atoms with Gasteiger partial charge in [0.05, 0.1) is 11.3 Å². The monoisotopic (exact) mass is 363 g/mol. The van der Waals surface area contributed by atoms with E-state index in [0.717, 1.165) is 24.2 Å². The number of nitrogens with zero attached hydrogens (tertiary/aromatic N) is 1. The predicted molar refractivity (Wildman–Crippen MR) is 95.1 cm³/mol. The van der Waals surface area contributed by atoms with Crippen LogP contribution in [0.2, 0.25) is 0 Å². The lowest BCUT2D eigenvalue weighted by Crippen LogP contribution is -2.40. The van der Waals surface area contributed by atoms with E-state index in [0.29, 0.717) is 49.3 Å². The first kappa shape index (κ1) is 19.0. The van der Waals surface area contributed by atoms with Crippen LogP contribution in [0.3, 0.4) is 0 Å². The number of hydrogen-bond acceptors (Lipinski definition) is 4. The molecular formula is C20H26FNO4. The summed E-state index contributed by atoms with van der Waals surface area (Å²) in [6.45, 7) is 0.172. The number of hydrogen-bond donors (Lipinski definition) is 1. The molecule has 1 aliphatic carbocycles. The molecule has 1 saturated carbocycles. The Labute approximate surface area is 153 Å². The van der Waals surface area contributed by atoms with Gasteiger partial charge < -0.3 is 9.84 Å². The molecule has 0 bridgehead atoms. The van der Waals surface area contributed by atoms with E-state index >= 15 is 0 Å².